The first kappa shape index (κ1) is 14.4. The number of hydrogen-bond acceptors (Lipinski definition) is 3. The molecule has 5 heteroatoms. The van der Waals surface area contributed by atoms with Gasteiger partial charge in [0.15, 0.2) is 0 Å². The maximum Gasteiger partial charge on any atom is 0.230 e. The van der Waals surface area contributed by atoms with E-state index in [2.05, 4.69) is 10.6 Å². The minimum atomic E-state index is -0.630. The fourth-order valence-corrected chi connectivity index (χ4v) is 2.25. The Morgan fingerprint density at radius 2 is 2.00 bits per heavy atom. The van der Waals surface area contributed by atoms with Crippen LogP contribution in [0.1, 0.15) is 32.3 Å². The topological polar surface area (TPSA) is 84.2 Å². The van der Waals surface area contributed by atoms with Crippen LogP contribution in [0.4, 0.5) is 5.69 Å². The Morgan fingerprint density at radius 3 is 2.55 bits per heavy atom. The number of hydrogen-bond donors (Lipinski definition) is 3. The van der Waals surface area contributed by atoms with Crippen LogP contribution in [0, 0.1) is 0 Å². The average molecular weight is 275 g/mol. The number of benzene rings is 1. The highest BCUT2D eigenvalue weighted by Crippen LogP contribution is 2.24. The van der Waals surface area contributed by atoms with Gasteiger partial charge in [0.05, 0.1) is 5.41 Å². The molecule has 1 saturated heterocycles. The second-order valence-corrected chi connectivity index (χ2v) is 5.76. The van der Waals surface area contributed by atoms with Gasteiger partial charge in [-0.3, -0.25) is 9.59 Å². The van der Waals surface area contributed by atoms with Crippen molar-refractivity contribution >= 4 is 17.5 Å². The summed E-state index contributed by atoms with van der Waals surface area (Å²) in [6.07, 6.45) is 1.16. The van der Waals surface area contributed by atoms with Crippen molar-refractivity contribution in [3.63, 3.8) is 0 Å². The van der Waals surface area contributed by atoms with Gasteiger partial charge in [-0.15, -0.1) is 0 Å². The lowest BCUT2D eigenvalue weighted by Gasteiger charge is -2.29. The second kappa shape index (κ2) is 5.53. The molecule has 0 aromatic heterocycles. The lowest BCUT2D eigenvalue weighted by atomic mass is 9.83. The van der Waals surface area contributed by atoms with E-state index in [-0.39, 0.29) is 17.9 Å². The molecule has 1 heterocycles. The molecule has 2 rings (SSSR count). The van der Waals surface area contributed by atoms with Crippen molar-refractivity contribution < 1.29 is 9.59 Å². The van der Waals surface area contributed by atoms with Gasteiger partial charge in [-0.05, 0) is 38.0 Å². The molecule has 1 atom stereocenters. The van der Waals surface area contributed by atoms with E-state index in [1.54, 1.807) is 12.1 Å². The van der Waals surface area contributed by atoms with Gasteiger partial charge < -0.3 is 16.4 Å². The molecule has 1 aromatic rings. The van der Waals surface area contributed by atoms with Gasteiger partial charge in [0.25, 0.3) is 0 Å². The van der Waals surface area contributed by atoms with E-state index in [1.165, 1.54) is 0 Å². The van der Waals surface area contributed by atoms with Crippen LogP contribution in [0.2, 0.25) is 0 Å². The van der Waals surface area contributed by atoms with Gasteiger partial charge in [0.2, 0.25) is 11.8 Å². The first-order valence-electron chi connectivity index (χ1n) is 6.83. The molecular weight excluding hydrogens is 254 g/mol. The molecule has 1 aliphatic rings. The summed E-state index contributed by atoms with van der Waals surface area (Å²) >= 11 is 0. The smallest absolute Gasteiger partial charge is 0.230 e. The molecule has 1 aliphatic heterocycles. The number of carbonyl (C=O) groups is 2. The van der Waals surface area contributed by atoms with E-state index in [0.29, 0.717) is 25.1 Å². The summed E-state index contributed by atoms with van der Waals surface area (Å²) in [6.45, 7) is 4.27. The standard InChI is InChI=1S/C15H21N3O2/c1-15(2,10-3-5-11(16)6-4-10)14(20)18-12-7-8-13(19)17-9-12/h3-6,12H,7-9,16H2,1-2H3,(H,17,19)(H,18,20). The Morgan fingerprint density at radius 1 is 1.35 bits per heavy atom. The van der Waals surface area contributed by atoms with Crippen molar-refractivity contribution in [1.82, 2.24) is 10.6 Å². The molecule has 1 unspecified atom stereocenters. The summed E-state index contributed by atoms with van der Waals surface area (Å²) in [6, 6.07) is 7.35. The van der Waals surface area contributed by atoms with Crippen LogP contribution in [-0.4, -0.2) is 24.4 Å². The molecular formula is C15H21N3O2. The third-order valence-corrected chi connectivity index (χ3v) is 3.80. The van der Waals surface area contributed by atoms with E-state index in [1.807, 2.05) is 26.0 Å². The van der Waals surface area contributed by atoms with Crippen LogP contribution in [0.5, 0.6) is 0 Å². The van der Waals surface area contributed by atoms with Crippen LogP contribution in [0.15, 0.2) is 24.3 Å². The van der Waals surface area contributed by atoms with Gasteiger partial charge in [0, 0.05) is 24.7 Å². The number of anilines is 1. The van der Waals surface area contributed by atoms with E-state index < -0.39 is 5.41 Å². The highest BCUT2D eigenvalue weighted by molar-refractivity contribution is 5.88. The minimum Gasteiger partial charge on any atom is -0.399 e. The first-order valence-corrected chi connectivity index (χ1v) is 6.83. The summed E-state index contributed by atoms with van der Waals surface area (Å²) < 4.78 is 0. The van der Waals surface area contributed by atoms with Crippen LogP contribution in [0.25, 0.3) is 0 Å². The molecule has 0 saturated carbocycles. The third kappa shape index (κ3) is 3.10. The highest BCUT2D eigenvalue weighted by Gasteiger charge is 2.32. The van der Waals surface area contributed by atoms with E-state index in [9.17, 15) is 9.59 Å². The van der Waals surface area contributed by atoms with Crippen molar-refractivity contribution in [2.24, 2.45) is 0 Å². The van der Waals surface area contributed by atoms with E-state index in [0.717, 1.165) is 5.56 Å². The quantitative estimate of drug-likeness (QED) is 0.718. The number of amides is 2. The number of piperidine rings is 1. The normalized spacial score (nSPS) is 19.3. The van der Waals surface area contributed by atoms with Crippen molar-refractivity contribution in [2.75, 3.05) is 12.3 Å². The molecule has 5 nitrogen and oxygen atoms in total. The largest absolute Gasteiger partial charge is 0.399 e. The lowest BCUT2D eigenvalue weighted by molar-refractivity contribution is -0.128. The number of nitrogen functional groups attached to an aromatic ring is 1. The Balaban J connectivity index is 2.03. The maximum atomic E-state index is 12.4. The molecule has 1 aromatic carbocycles. The number of carbonyl (C=O) groups excluding carboxylic acids is 2. The van der Waals surface area contributed by atoms with Gasteiger partial charge in [0.1, 0.15) is 0 Å². The van der Waals surface area contributed by atoms with Crippen LogP contribution in [0.3, 0.4) is 0 Å². The monoisotopic (exact) mass is 275 g/mol. The highest BCUT2D eigenvalue weighted by atomic mass is 16.2. The molecule has 0 bridgehead atoms. The summed E-state index contributed by atoms with van der Waals surface area (Å²) in [7, 11) is 0. The van der Waals surface area contributed by atoms with Crippen LogP contribution >= 0.6 is 0 Å². The molecule has 20 heavy (non-hydrogen) atoms. The molecule has 4 N–H and O–H groups in total. The molecule has 0 spiro atoms. The SMILES string of the molecule is CC(C)(C(=O)NC1CCC(=O)NC1)c1ccc(N)cc1. The fraction of sp³-hybridized carbons (Fsp3) is 0.467. The molecule has 0 radical (unpaired) electrons. The summed E-state index contributed by atoms with van der Waals surface area (Å²) in [5, 5.41) is 5.77. The predicted octanol–water partition coefficient (Wildman–Crippen LogP) is 0.941. The Kier molecular flexibility index (Phi) is 3.97. The molecule has 108 valence electrons. The zero-order valence-corrected chi connectivity index (χ0v) is 11.9. The number of nitrogens with two attached hydrogens (primary N) is 1. The van der Waals surface area contributed by atoms with Gasteiger partial charge in [-0.2, -0.15) is 0 Å². The van der Waals surface area contributed by atoms with Gasteiger partial charge in [-0.1, -0.05) is 12.1 Å². The van der Waals surface area contributed by atoms with Crippen molar-refractivity contribution in [2.45, 2.75) is 38.1 Å². The van der Waals surface area contributed by atoms with Crippen molar-refractivity contribution in [3.05, 3.63) is 29.8 Å². The van der Waals surface area contributed by atoms with E-state index >= 15 is 0 Å². The van der Waals surface area contributed by atoms with Crippen molar-refractivity contribution in [3.8, 4) is 0 Å². The summed E-state index contributed by atoms with van der Waals surface area (Å²) in [5.41, 5.74) is 6.64. The van der Waals surface area contributed by atoms with Crippen LogP contribution < -0.4 is 16.4 Å². The zero-order chi connectivity index (χ0) is 14.8. The Labute approximate surface area is 118 Å². The minimum absolute atomic E-state index is 0.00765. The zero-order valence-electron chi connectivity index (χ0n) is 11.9. The molecule has 1 fully saturated rings. The lowest BCUT2D eigenvalue weighted by Crippen LogP contribution is -2.52. The molecule has 0 aliphatic carbocycles. The van der Waals surface area contributed by atoms with Crippen molar-refractivity contribution in [1.29, 1.82) is 0 Å². The Bertz CT molecular complexity index is 498. The maximum absolute atomic E-state index is 12.4. The van der Waals surface area contributed by atoms with Crippen LogP contribution in [-0.2, 0) is 15.0 Å². The summed E-state index contributed by atoms with van der Waals surface area (Å²) in [5.74, 6) is 0.0108. The predicted molar refractivity (Wildman–Crippen MR) is 78.1 cm³/mol. The fourth-order valence-electron chi connectivity index (χ4n) is 2.25. The number of nitrogens with one attached hydrogen (secondary N) is 2. The third-order valence-electron chi connectivity index (χ3n) is 3.80. The number of rotatable bonds is 3. The van der Waals surface area contributed by atoms with E-state index in [4.69, 9.17) is 5.73 Å². The Hall–Kier alpha value is -2.04. The summed E-state index contributed by atoms with van der Waals surface area (Å²) in [4.78, 5) is 23.6. The first-order chi connectivity index (χ1) is 9.39. The molecule has 2 amide bonds. The second-order valence-electron chi connectivity index (χ2n) is 5.76. The van der Waals surface area contributed by atoms with Gasteiger partial charge >= 0.3 is 0 Å². The average Bonchev–Trinajstić information content (AvgIpc) is 2.42. The van der Waals surface area contributed by atoms with Gasteiger partial charge in [-0.25, -0.2) is 0 Å².